The summed E-state index contributed by atoms with van der Waals surface area (Å²) in [5, 5.41) is 9.10. The Morgan fingerprint density at radius 3 is 2.60 bits per heavy atom. The van der Waals surface area contributed by atoms with Crippen molar-refractivity contribution in [2.24, 2.45) is 0 Å². The highest BCUT2D eigenvalue weighted by Crippen LogP contribution is 2.28. The Morgan fingerprint density at radius 2 is 1.90 bits per heavy atom. The van der Waals surface area contributed by atoms with Crippen LogP contribution in [0.2, 0.25) is 0 Å². The number of hydrogen-bond donors (Lipinski definition) is 1. The molecule has 0 aliphatic carbocycles. The van der Waals surface area contributed by atoms with Crippen molar-refractivity contribution in [2.45, 2.75) is 24.5 Å². The topological polar surface area (TPSA) is 38.7 Å². The molecule has 2 aliphatic heterocycles. The minimum absolute atomic E-state index is 0.0619. The Bertz CT molecular complexity index is 125. The summed E-state index contributed by atoms with van der Waals surface area (Å²) in [6.45, 7) is 0.266. The molecule has 0 radical (unpaired) electrons. The van der Waals surface area contributed by atoms with Crippen LogP contribution in [0.5, 0.6) is 0 Å². The molecule has 58 valence electrons. The van der Waals surface area contributed by atoms with Gasteiger partial charge in [-0.3, -0.25) is 0 Å². The molecule has 0 aromatic rings. The number of hydrogen-bond acceptors (Lipinski definition) is 3. The van der Waals surface area contributed by atoms with Crippen molar-refractivity contribution in [1.82, 2.24) is 0 Å². The third-order valence-electron chi connectivity index (χ3n) is 1.97. The van der Waals surface area contributed by atoms with E-state index in [1.165, 1.54) is 0 Å². The lowest BCUT2D eigenvalue weighted by molar-refractivity contribution is 0.0154. The van der Waals surface area contributed by atoms with E-state index in [0.29, 0.717) is 0 Å². The first kappa shape index (κ1) is 6.52. The van der Waals surface area contributed by atoms with Gasteiger partial charge in [-0.2, -0.15) is 0 Å². The number of aliphatic hydroxyl groups is 1. The van der Waals surface area contributed by atoms with Gasteiger partial charge in [0.2, 0.25) is 0 Å². The molecule has 0 unspecified atom stereocenters. The summed E-state index contributed by atoms with van der Waals surface area (Å²) >= 11 is 0. The van der Waals surface area contributed by atoms with E-state index in [4.69, 9.17) is 14.6 Å². The molecule has 2 rings (SSSR count). The fourth-order valence-electron chi connectivity index (χ4n) is 1.43. The second kappa shape index (κ2) is 2.15. The monoisotopic (exact) mass is 148 g/mol. The van der Waals surface area contributed by atoms with E-state index in [1.54, 1.807) is 0 Å². The van der Waals surface area contributed by atoms with Gasteiger partial charge in [-0.1, -0.05) is 0 Å². The zero-order valence-corrected chi connectivity index (χ0v) is 5.37. The second-order valence-electron chi connectivity index (χ2n) is 2.68. The van der Waals surface area contributed by atoms with Crippen LogP contribution < -0.4 is 0 Å². The molecule has 2 aliphatic rings. The summed E-state index contributed by atoms with van der Waals surface area (Å²) in [7, 11) is 0. The van der Waals surface area contributed by atoms with Gasteiger partial charge in [-0.05, 0) is 0 Å². The van der Waals surface area contributed by atoms with Crippen molar-refractivity contribution in [1.29, 1.82) is 0 Å². The molecular weight excluding hydrogens is 139 g/mol. The molecule has 0 saturated carbocycles. The summed E-state index contributed by atoms with van der Waals surface area (Å²) in [6, 6.07) is 0. The molecule has 0 bridgehead atoms. The van der Waals surface area contributed by atoms with Crippen LogP contribution in [-0.2, 0) is 9.47 Å². The highest BCUT2D eigenvalue weighted by atomic mass is 19.1. The molecule has 3 nitrogen and oxygen atoms in total. The Hall–Kier alpha value is -0.190. The van der Waals surface area contributed by atoms with Crippen LogP contribution in [0.1, 0.15) is 0 Å². The molecule has 0 amide bonds. The first-order valence-electron chi connectivity index (χ1n) is 3.34. The Balaban J connectivity index is 2.09. The zero-order chi connectivity index (χ0) is 7.14. The van der Waals surface area contributed by atoms with Gasteiger partial charge in [0.05, 0.1) is 13.2 Å². The fourth-order valence-corrected chi connectivity index (χ4v) is 1.43. The van der Waals surface area contributed by atoms with Crippen molar-refractivity contribution in [3.05, 3.63) is 0 Å². The van der Waals surface area contributed by atoms with Gasteiger partial charge in [0.25, 0.3) is 0 Å². The number of alkyl halides is 1. The first-order valence-corrected chi connectivity index (χ1v) is 3.34. The quantitative estimate of drug-likeness (QED) is 0.502. The van der Waals surface area contributed by atoms with Crippen LogP contribution >= 0.6 is 0 Å². The van der Waals surface area contributed by atoms with Crippen molar-refractivity contribution in [3.8, 4) is 0 Å². The number of ether oxygens (including phenoxy) is 2. The highest BCUT2D eigenvalue weighted by Gasteiger charge is 2.47. The van der Waals surface area contributed by atoms with Crippen LogP contribution in [0.15, 0.2) is 0 Å². The highest BCUT2D eigenvalue weighted by molar-refractivity contribution is 4.94. The molecule has 0 spiro atoms. The molecule has 1 N–H and O–H groups in total. The maximum absolute atomic E-state index is 12.7. The minimum Gasteiger partial charge on any atom is -0.388 e. The lowest BCUT2D eigenvalue weighted by Gasteiger charge is -2.08. The third-order valence-corrected chi connectivity index (χ3v) is 1.97. The van der Waals surface area contributed by atoms with Crippen molar-refractivity contribution in [3.63, 3.8) is 0 Å². The standard InChI is InChI=1S/C6H9FO3/c7-3-1-9-6-4(8)2-10-5(3)6/h3-6,8H,1-2H2/t3-,4-,5+,6+/m0/s1. The van der Waals surface area contributed by atoms with E-state index >= 15 is 0 Å². The number of halogens is 1. The van der Waals surface area contributed by atoms with Gasteiger partial charge in [0.1, 0.15) is 18.3 Å². The van der Waals surface area contributed by atoms with E-state index in [2.05, 4.69) is 0 Å². The average Bonchev–Trinajstić information content (AvgIpc) is 2.41. The van der Waals surface area contributed by atoms with E-state index < -0.39 is 24.5 Å². The maximum Gasteiger partial charge on any atom is 0.152 e. The lowest BCUT2D eigenvalue weighted by Crippen LogP contribution is -2.29. The molecule has 10 heavy (non-hydrogen) atoms. The van der Waals surface area contributed by atoms with Gasteiger partial charge >= 0.3 is 0 Å². The zero-order valence-electron chi connectivity index (χ0n) is 5.37. The maximum atomic E-state index is 12.7. The predicted molar refractivity (Wildman–Crippen MR) is 30.4 cm³/mol. The Labute approximate surface area is 57.7 Å². The normalized spacial score (nSPS) is 53.4. The van der Waals surface area contributed by atoms with Crippen LogP contribution in [0, 0.1) is 0 Å². The molecule has 4 heteroatoms. The molecule has 2 fully saturated rings. The van der Waals surface area contributed by atoms with E-state index in [0.717, 1.165) is 0 Å². The lowest BCUT2D eigenvalue weighted by atomic mass is 10.1. The largest absolute Gasteiger partial charge is 0.388 e. The van der Waals surface area contributed by atoms with Crippen molar-refractivity contribution < 1.29 is 19.0 Å². The van der Waals surface area contributed by atoms with E-state index in [1.807, 2.05) is 0 Å². The summed E-state index contributed by atoms with van der Waals surface area (Å²) in [5.41, 5.74) is 0. The van der Waals surface area contributed by atoms with Gasteiger partial charge in [-0.15, -0.1) is 0 Å². The summed E-state index contributed by atoms with van der Waals surface area (Å²) in [5.74, 6) is 0. The third kappa shape index (κ3) is 0.761. The fraction of sp³-hybridized carbons (Fsp3) is 1.00. The van der Waals surface area contributed by atoms with Crippen molar-refractivity contribution in [2.75, 3.05) is 13.2 Å². The van der Waals surface area contributed by atoms with E-state index in [-0.39, 0.29) is 13.2 Å². The van der Waals surface area contributed by atoms with Crippen molar-refractivity contribution >= 4 is 0 Å². The van der Waals surface area contributed by atoms with Crippen LogP contribution in [0.3, 0.4) is 0 Å². The smallest absolute Gasteiger partial charge is 0.152 e. The van der Waals surface area contributed by atoms with Gasteiger partial charge in [0, 0.05) is 0 Å². The molecule has 4 atom stereocenters. The second-order valence-corrected chi connectivity index (χ2v) is 2.68. The summed E-state index contributed by atoms with van der Waals surface area (Å²) < 4.78 is 22.6. The molecular formula is C6H9FO3. The number of aliphatic hydroxyl groups excluding tert-OH is 1. The SMILES string of the molecule is O[C@H]1CO[C@H]2[C@@H]1OC[C@@H]2F. The van der Waals surface area contributed by atoms with E-state index in [9.17, 15) is 4.39 Å². The number of rotatable bonds is 0. The Morgan fingerprint density at radius 1 is 1.20 bits per heavy atom. The Kier molecular flexibility index (Phi) is 1.40. The molecule has 2 saturated heterocycles. The number of fused-ring (bicyclic) bond motifs is 1. The molecule has 2 heterocycles. The average molecular weight is 148 g/mol. The summed E-state index contributed by atoms with van der Waals surface area (Å²) in [4.78, 5) is 0. The van der Waals surface area contributed by atoms with Crippen LogP contribution in [-0.4, -0.2) is 42.8 Å². The molecule has 0 aromatic carbocycles. The van der Waals surface area contributed by atoms with Gasteiger partial charge in [0.15, 0.2) is 6.17 Å². The molecule has 0 aromatic heterocycles. The van der Waals surface area contributed by atoms with Gasteiger partial charge in [-0.25, -0.2) is 4.39 Å². The first-order chi connectivity index (χ1) is 4.79. The van der Waals surface area contributed by atoms with Gasteiger partial charge < -0.3 is 14.6 Å². The van der Waals surface area contributed by atoms with Crippen LogP contribution in [0.4, 0.5) is 4.39 Å². The predicted octanol–water partition coefficient (Wildman–Crippen LogP) is -0.517. The minimum atomic E-state index is -1.05. The summed E-state index contributed by atoms with van der Waals surface area (Å²) in [6.07, 6.45) is -2.63. The van der Waals surface area contributed by atoms with Crippen LogP contribution in [0.25, 0.3) is 0 Å².